The Balaban J connectivity index is 0.000000229. The highest BCUT2D eigenvalue weighted by Crippen LogP contribution is 2.32. The Kier molecular flexibility index (Phi) is 8.46. The first kappa shape index (κ1) is 22.3. The number of hydrogen-bond donors (Lipinski definition) is 3. The summed E-state index contributed by atoms with van der Waals surface area (Å²) in [4.78, 5) is 11.3. The third-order valence-corrected chi connectivity index (χ3v) is 5.53. The smallest absolute Gasteiger partial charge is 0.409 e. The lowest BCUT2D eigenvalue weighted by Gasteiger charge is -2.19. The van der Waals surface area contributed by atoms with E-state index in [1.807, 2.05) is 13.1 Å². The van der Waals surface area contributed by atoms with Crippen LogP contribution in [0.3, 0.4) is 0 Å². The summed E-state index contributed by atoms with van der Waals surface area (Å²) in [6, 6.07) is 27.6. The van der Waals surface area contributed by atoms with Crippen LogP contribution in [0.2, 0.25) is 0 Å². The van der Waals surface area contributed by atoms with Gasteiger partial charge in [0.15, 0.2) is 0 Å². The molecule has 4 aromatic rings. The minimum Gasteiger partial charge on any atom is -0.484 e. The molecule has 0 bridgehead atoms. The van der Waals surface area contributed by atoms with Crippen molar-refractivity contribution in [2.75, 3.05) is 18.9 Å². The molecule has 0 spiro atoms. The van der Waals surface area contributed by atoms with Crippen molar-refractivity contribution in [1.29, 1.82) is 0 Å². The molecular formula is C25H26N2O3S. The number of hydrogen-bond acceptors (Lipinski definition) is 4. The van der Waals surface area contributed by atoms with Gasteiger partial charge in [0.05, 0.1) is 0 Å². The van der Waals surface area contributed by atoms with Crippen LogP contribution in [0.15, 0.2) is 90.3 Å². The van der Waals surface area contributed by atoms with E-state index in [4.69, 9.17) is 9.84 Å². The van der Waals surface area contributed by atoms with E-state index in [2.05, 4.69) is 70.6 Å². The predicted molar refractivity (Wildman–Crippen MR) is 128 cm³/mol. The van der Waals surface area contributed by atoms with Crippen LogP contribution in [0.1, 0.15) is 17.4 Å². The lowest BCUT2D eigenvalue weighted by molar-refractivity contribution is 0.201. The van der Waals surface area contributed by atoms with E-state index < -0.39 is 6.09 Å². The summed E-state index contributed by atoms with van der Waals surface area (Å²) in [5, 5.41) is 18.2. The zero-order valence-electron chi connectivity index (χ0n) is 17.3. The van der Waals surface area contributed by atoms with Crippen LogP contribution in [-0.2, 0) is 0 Å². The first-order valence-electron chi connectivity index (χ1n) is 10.0. The normalized spacial score (nSPS) is 11.3. The average Bonchev–Trinajstić information content (AvgIpc) is 3.32. The number of thiophene rings is 1. The maximum atomic E-state index is 10.1. The molecule has 1 amide bonds. The third-order valence-electron chi connectivity index (χ3n) is 4.56. The van der Waals surface area contributed by atoms with Crippen molar-refractivity contribution in [2.45, 2.75) is 12.5 Å². The fourth-order valence-electron chi connectivity index (χ4n) is 3.11. The zero-order chi connectivity index (χ0) is 21.9. The largest absolute Gasteiger partial charge is 0.484 e. The highest BCUT2D eigenvalue weighted by molar-refractivity contribution is 7.10. The monoisotopic (exact) mass is 434 g/mol. The summed E-state index contributed by atoms with van der Waals surface area (Å²) in [6.45, 7) is 0.938. The number of para-hydroxylation sites is 1. The van der Waals surface area contributed by atoms with Gasteiger partial charge in [0.2, 0.25) is 0 Å². The number of nitrogens with one attached hydrogen (secondary N) is 2. The first-order valence-corrected chi connectivity index (χ1v) is 10.9. The molecule has 0 aliphatic rings. The Morgan fingerprint density at radius 3 is 2.42 bits per heavy atom. The Morgan fingerprint density at radius 2 is 1.71 bits per heavy atom. The van der Waals surface area contributed by atoms with E-state index >= 15 is 0 Å². The molecule has 5 nitrogen and oxygen atoms in total. The summed E-state index contributed by atoms with van der Waals surface area (Å²) in [5.41, 5.74) is 0.593. The summed E-state index contributed by atoms with van der Waals surface area (Å²) < 4.78 is 6.34. The minimum absolute atomic E-state index is 0.100. The number of amides is 1. The summed E-state index contributed by atoms with van der Waals surface area (Å²) >= 11 is 1.75. The highest BCUT2D eigenvalue weighted by atomic mass is 32.1. The molecule has 0 aliphatic heterocycles. The number of rotatable bonds is 7. The van der Waals surface area contributed by atoms with Crippen LogP contribution in [-0.4, -0.2) is 24.8 Å². The van der Waals surface area contributed by atoms with Gasteiger partial charge >= 0.3 is 6.09 Å². The second-order valence-corrected chi connectivity index (χ2v) is 7.77. The summed E-state index contributed by atoms with van der Waals surface area (Å²) in [7, 11) is 1.98. The van der Waals surface area contributed by atoms with Gasteiger partial charge in [-0.25, -0.2) is 4.79 Å². The van der Waals surface area contributed by atoms with Gasteiger partial charge in [-0.15, -0.1) is 11.3 Å². The molecule has 1 atom stereocenters. The van der Waals surface area contributed by atoms with Gasteiger partial charge in [-0.2, -0.15) is 0 Å². The standard InChI is InChI=1S/C18H19NOS.C7H7NO2/c1-19-12-11-17(18-10-5-13-21-18)20-16-9-4-7-14-6-2-3-8-15(14)16;9-7(10)8-6-4-2-1-3-5-6/h2-10,13,17,19H,11-12H2,1H3;1-5,8H,(H,9,10)/t17-;/m0./s1. The van der Waals surface area contributed by atoms with Gasteiger partial charge in [-0.3, -0.25) is 5.32 Å². The highest BCUT2D eigenvalue weighted by Gasteiger charge is 2.15. The van der Waals surface area contributed by atoms with Crippen LogP contribution in [0, 0.1) is 0 Å². The second kappa shape index (κ2) is 11.7. The van der Waals surface area contributed by atoms with Crippen LogP contribution >= 0.6 is 11.3 Å². The number of carbonyl (C=O) groups is 1. The summed E-state index contributed by atoms with van der Waals surface area (Å²) in [6.07, 6.45) is 0.0229. The van der Waals surface area contributed by atoms with Crippen molar-refractivity contribution in [1.82, 2.24) is 5.32 Å². The van der Waals surface area contributed by atoms with Crippen molar-refractivity contribution < 1.29 is 14.6 Å². The minimum atomic E-state index is -1.04. The maximum absolute atomic E-state index is 10.1. The number of benzene rings is 3. The molecule has 0 unspecified atom stereocenters. The molecule has 6 heteroatoms. The molecule has 4 rings (SSSR count). The number of fused-ring (bicyclic) bond motifs is 1. The van der Waals surface area contributed by atoms with E-state index in [1.54, 1.807) is 35.6 Å². The molecule has 0 fully saturated rings. The lowest BCUT2D eigenvalue weighted by atomic mass is 10.1. The second-order valence-electron chi connectivity index (χ2n) is 6.79. The number of ether oxygens (including phenoxy) is 1. The molecule has 160 valence electrons. The molecular weight excluding hydrogens is 408 g/mol. The van der Waals surface area contributed by atoms with Crippen molar-refractivity contribution in [3.05, 3.63) is 95.2 Å². The zero-order valence-corrected chi connectivity index (χ0v) is 18.1. The predicted octanol–water partition coefficient (Wildman–Crippen LogP) is 6.41. The molecule has 3 N–H and O–H groups in total. The molecule has 1 heterocycles. The lowest BCUT2D eigenvalue weighted by Crippen LogP contribution is -2.15. The Labute approximate surface area is 186 Å². The van der Waals surface area contributed by atoms with Crippen LogP contribution < -0.4 is 15.4 Å². The summed E-state index contributed by atoms with van der Waals surface area (Å²) in [5.74, 6) is 0.961. The topological polar surface area (TPSA) is 70.6 Å². The molecule has 1 aromatic heterocycles. The van der Waals surface area contributed by atoms with Gasteiger partial charge in [-0.05, 0) is 48.6 Å². The molecule has 0 saturated heterocycles. The maximum Gasteiger partial charge on any atom is 0.409 e. The van der Waals surface area contributed by atoms with E-state index in [-0.39, 0.29) is 6.10 Å². The Hall–Kier alpha value is -3.35. The Morgan fingerprint density at radius 1 is 0.968 bits per heavy atom. The fourth-order valence-corrected chi connectivity index (χ4v) is 3.89. The van der Waals surface area contributed by atoms with E-state index in [9.17, 15) is 4.79 Å². The van der Waals surface area contributed by atoms with Gasteiger partial charge in [0.1, 0.15) is 11.9 Å². The fraction of sp³-hybridized carbons (Fsp3) is 0.160. The molecule has 0 radical (unpaired) electrons. The molecule has 0 aliphatic carbocycles. The van der Waals surface area contributed by atoms with Crippen LogP contribution in [0.4, 0.5) is 10.5 Å². The number of anilines is 1. The van der Waals surface area contributed by atoms with Crippen molar-refractivity contribution >= 4 is 33.9 Å². The van der Waals surface area contributed by atoms with Crippen molar-refractivity contribution in [3.8, 4) is 5.75 Å². The SMILES string of the molecule is CNCC[C@H](Oc1cccc2ccccc12)c1cccs1.O=C(O)Nc1ccccc1. The van der Waals surface area contributed by atoms with E-state index in [0.29, 0.717) is 5.69 Å². The van der Waals surface area contributed by atoms with E-state index in [1.165, 1.54) is 15.6 Å². The van der Waals surface area contributed by atoms with Gasteiger partial charge in [0, 0.05) is 22.4 Å². The molecule has 3 aromatic carbocycles. The van der Waals surface area contributed by atoms with Crippen LogP contribution in [0.5, 0.6) is 5.75 Å². The third kappa shape index (κ3) is 6.84. The Bertz CT molecular complexity index is 1060. The molecule has 0 saturated carbocycles. The van der Waals surface area contributed by atoms with Gasteiger partial charge in [-0.1, -0.05) is 60.7 Å². The van der Waals surface area contributed by atoms with Crippen LogP contribution in [0.25, 0.3) is 10.8 Å². The van der Waals surface area contributed by atoms with Gasteiger partial charge < -0.3 is 15.2 Å². The van der Waals surface area contributed by atoms with Crippen molar-refractivity contribution in [2.24, 2.45) is 0 Å². The van der Waals surface area contributed by atoms with Gasteiger partial charge in [0.25, 0.3) is 0 Å². The first-order chi connectivity index (χ1) is 15.2. The average molecular weight is 435 g/mol. The number of carboxylic acid groups (broad SMARTS) is 1. The molecule has 31 heavy (non-hydrogen) atoms. The quantitative estimate of drug-likeness (QED) is 0.314. The van der Waals surface area contributed by atoms with Crippen molar-refractivity contribution in [3.63, 3.8) is 0 Å². The van der Waals surface area contributed by atoms with E-state index in [0.717, 1.165) is 18.7 Å².